The number of ether oxygens (including phenoxy) is 1. The molecule has 0 bridgehead atoms. The van der Waals surface area contributed by atoms with Crippen LogP contribution in [0, 0.1) is 18.7 Å². The van der Waals surface area contributed by atoms with E-state index < -0.39 is 0 Å². The number of nitrogens with zero attached hydrogens (tertiary/aromatic N) is 2. The van der Waals surface area contributed by atoms with Crippen LogP contribution in [0.15, 0.2) is 61.1 Å². The first-order valence-corrected chi connectivity index (χ1v) is 11.0. The van der Waals surface area contributed by atoms with Crippen LogP contribution in [0.3, 0.4) is 0 Å². The number of aromatic nitrogens is 3. The smallest absolute Gasteiger partial charge is 0.234 e. The maximum absolute atomic E-state index is 13.1. The quantitative estimate of drug-likeness (QED) is 0.453. The van der Waals surface area contributed by atoms with Crippen molar-refractivity contribution in [1.29, 1.82) is 0 Å². The van der Waals surface area contributed by atoms with Crippen LogP contribution in [-0.4, -0.2) is 29.6 Å². The zero-order valence-corrected chi connectivity index (χ0v) is 18.1. The molecule has 0 unspecified atom stereocenters. The van der Waals surface area contributed by atoms with Crippen LogP contribution in [0.1, 0.15) is 18.4 Å². The van der Waals surface area contributed by atoms with Crippen LogP contribution in [0.2, 0.25) is 0 Å². The molecule has 32 heavy (non-hydrogen) atoms. The van der Waals surface area contributed by atoms with Crippen molar-refractivity contribution in [2.45, 2.75) is 19.8 Å². The van der Waals surface area contributed by atoms with Gasteiger partial charge in [0, 0.05) is 24.5 Å². The van der Waals surface area contributed by atoms with Gasteiger partial charge in [-0.25, -0.2) is 9.37 Å². The molecule has 4 aromatic rings. The predicted molar refractivity (Wildman–Crippen MR) is 124 cm³/mol. The molecule has 1 aliphatic heterocycles. The normalized spacial score (nSPS) is 14.6. The summed E-state index contributed by atoms with van der Waals surface area (Å²) in [5.41, 5.74) is 3.17. The molecule has 1 fully saturated rings. The lowest BCUT2D eigenvalue weighted by Gasteiger charge is -2.29. The summed E-state index contributed by atoms with van der Waals surface area (Å²) in [6, 6.07) is 14.0. The number of H-pyrrole nitrogens is 2. The van der Waals surface area contributed by atoms with E-state index in [-0.39, 0.29) is 5.82 Å². The van der Waals surface area contributed by atoms with Crippen LogP contribution in [0.4, 0.5) is 15.9 Å². The number of nitrogens with one attached hydrogen (secondary N) is 3. The molecule has 0 saturated carbocycles. The molecular formula is C25H27FN5O+. The van der Waals surface area contributed by atoms with Gasteiger partial charge in [-0.1, -0.05) is 11.1 Å². The first kappa shape index (κ1) is 20.3. The molecular weight excluding hydrogens is 405 g/mol. The van der Waals surface area contributed by atoms with Gasteiger partial charge in [-0.2, -0.15) is 0 Å². The molecule has 164 valence electrons. The van der Waals surface area contributed by atoms with Crippen LogP contribution >= 0.6 is 0 Å². The summed E-state index contributed by atoms with van der Waals surface area (Å²) < 4.78 is 18.9. The van der Waals surface area contributed by atoms with Gasteiger partial charge in [0.1, 0.15) is 22.7 Å². The topological polar surface area (TPSA) is 67.3 Å². The Kier molecular flexibility index (Phi) is 5.62. The van der Waals surface area contributed by atoms with Crippen molar-refractivity contribution in [3.8, 4) is 11.5 Å². The molecule has 0 aliphatic carbocycles. The van der Waals surface area contributed by atoms with E-state index >= 15 is 0 Å². The molecule has 0 atom stereocenters. The number of rotatable bonds is 6. The van der Waals surface area contributed by atoms with Crippen molar-refractivity contribution in [3.63, 3.8) is 0 Å². The number of fused-ring (bicyclic) bond motifs is 1. The van der Waals surface area contributed by atoms with E-state index in [0.29, 0.717) is 11.7 Å². The highest BCUT2D eigenvalue weighted by atomic mass is 19.1. The van der Waals surface area contributed by atoms with Crippen molar-refractivity contribution in [3.05, 3.63) is 72.4 Å². The van der Waals surface area contributed by atoms with Crippen LogP contribution in [-0.2, 0) is 0 Å². The first-order valence-electron chi connectivity index (χ1n) is 11.0. The fourth-order valence-corrected chi connectivity index (χ4v) is 4.32. The Bertz CT molecular complexity index is 1200. The summed E-state index contributed by atoms with van der Waals surface area (Å²) in [7, 11) is 0. The van der Waals surface area contributed by atoms with Crippen molar-refractivity contribution in [2.75, 3.05) is 29.9 Å². The number of aryl methyl sites for hydroxylation is 1. The Morgan fingerprint density at radius 3 is 2.78 bits per heavy atom. The van der Waals surface area contributed by atoms with Crippen LogP contribution in [0.25, 0.3) is 11.0 Å². The minimum absolute atomic E-state index is 0.270. The van der Waals surface area contributed by atoms with E-state index in [0.717, 1.165) is 55.4 Å². The average molecular weight is 433 g/mol. The zero-order chi connectivity index (χ0) is 21.9. The maximum atomic E-state index is 13.1. The average Bonchev–Trinajstić information content (AvgIpc) is 3.21. The van der Waals surface area contributed by atoms with Crippen molar-refractivity contribution < 1.29 is 14.1 Å². The van der Waals surface area contributed by atoms with E-state index in [2.05, 4.69) is 32.1 Å². The second-order valence-corrected chi connectivity index (χ2v) is 8.34. The van der Waals surface area contributed by atoms with Gasteiger partial charge in [0.2, 0.25) is 17.8 Å². The van der Waals surface area contributed by atoms with Gasteiger partial charge < -0.3 is 15.0 Å². The Morgan fingerprint density at radius 1 is 1.16 bits per heavy atom. The fraction of sp³-hybridized carbons (Fsp3) is 0.280. The van der Waals surface area contributed by atoms with E-state index in [1.165, 1.54) is 23.1 Å². The SMILES string of the molecule is Cc1c[nH]c2nc[nH+]c(N3CCC(CNc4cccc(Oc5ccc(F)cc5)c4)CC3)c12. The summed E-state index contributed by atoms with van der Waals surface area (Å²) in [5.74, 6) is 2.85. The van der Waals surface area contributed by atoms with E-state index in [9.17, 15) is 4.39 Å². The van der Waals surface area contributed by atoms with Crippen molar-refractivity contribution in [2.24, 2.45) is 5.92 Å². The summed E-state index contributed by atoms with van der Waals surface area (Å²) in [6.07, 6.45) is 6.03. The number of halogens is 1. The first-order chi connectivity index (χ1) is 15.7. The monoisotopic (exact) mass is 432 g/mol. The second kappa shape index (κ2) is 8.86. The van der Waals surface area contributed by atoms with Crippen LogP contribution in [0.5, 0.6) is 11.5 Å². The van der Waals surface area contributed by atoms with Gasteiger partial charge >= 0.3 is 0 Å². The highest BCUT2D eigenvalue weighted by molar-refractivity contribution is 5.88. The summed E-state index contributed by atoms with van der Waals surface area (Å²) >= 11 is 0. The molecule has 2 aromatic heterocycles. The van der Waals surface area contributed by atoms with Gasteiger partial charge in [0.15, 0.2) is 0 Å². The van der Waals surface area contributed by atoms with Gasteiger partial charge in [0.25, 0.3) is 0 Å². The van der Waals surface area contributed by atoms with Gasteiger partial charge in [-0.3, -0.25) is 4.90 Å². The molecule has 0 radical (unpaired) electrons. The number of hydrogen-bond acceptors (Lipinski definition) is 4. The Hall–Kier alpha value is -3.61. The van der Waals surface area contributed by atoms with E-state index in [4.69, 9.17) is 4.74 Å². The number of anilines is 2. The zero-order valence-electron chi connectivity index (χ0n) is 18.1. The molecule has 7 heteroatoms. The van der Waals surface area contributed by atoms with Gasteiger partial charge in [0.05, 0.1) is 13.1 Å². The predicted octanol–water partition coefficient (Wildman–Crippen LogP) is 4.95. The number of benzene rings is 2. The lowest BCUT2D eigenvalue weighted by atomic mass is 9.96. The minimum atomic E-state index is -0.270. The standard InChI is InChI=1S/C25H26FN5O/c1-17-14-28-24-23(17)25(30-16-29-24)31-11-9-18(10-12-31)15-27-20-3-2-4-22(13-20)32-21-7-5-19(26)6-8-21/h2-8,13-14,16,18,27H,9-12,15H2,1H3,(H,28,29,30)/p+1. The second-order valence-electron chi connectivity index (χ2n) is 8.34. The maximum Gasteiger partial charge on any atom is 0.234 e. The van der Waals surface area contributed by atoms with Gasteiger partial charge in [-0.05, 0) is 67.6 Å². The third kappa shape index (κ3) is 4.37. The molecule has 3 N–H and O–H groups in total. The number of hydrogen-bond donors (Lipinski definition) is 2. The highest BCUT2D eigenvalue weighted by Gasteiger charge is 2.26. The van der Waals surface area contributed by atoms with Crippen LogP contribution < -0.4 is 19.9 Å². The number of aromatic amines is 2. The molecule has 0 amide bonds. The summed E-state index contributed by atoms with van der Waals surface area (Å²) in [4.78, 5) is 13.4. The Morgan fingerprint density at radius 2 is 1.97 bits per heavy atom. The molecule has 5 rings (SSSR count). The van der Waals surface area contributed by atoms with E-state index in [1.54, 1.807) is 18.5 Å². The molecule has 1 saturated heterocycles. The lowest BCUT2D eigenvalue weighted by molar-refractivity contribution is -0.367. The number of piperidine rings is 1. The molecule has 1 aliphatic rings. The van der Waals surface area contributed by atoms with Gasteiger partial charge in [-0.15, -0.1) is 0 Å². The molecule has 0 spiro atoms. The molecule has 2 aromatic carbocycles. The third-order valence-corrected chi connectivity index (χ3v) is 6.10. The van der Waals surface area contributed by atoms with E-state index in [1.807, 2.05) is 30.5 Å². The fourth-order valence-electron chi connectivity index (χ4n) is 4.32. The lowest BCUT2D eigenvalue weighted by Crippen LogP contribution is -2.38. The summed E-state index contributed by atoms with van der Waals surface area (Å²) in [6.45, 7) is 5.07. The third-order valence-electron chi connectivity index (χ3n) is 6.10. The Balaban J connectivity index is 1.17. The minimum Gasteiger partial charge on any atom is -0.457 e. The molecule has 6 nitrogen and oxygen atoms in total. The molecule has 3 heterocycles. The largest absolute Gasteiger partial charge is 0.457 e. The van der Waals surface area contributed by atoms with Crippen molar-refractivity contribution >= 4 is 22.5 Å². The Labute approximate surface area is 186 Å². The summed E-state index contributed by atoms with van der Waals surface area (Å²) in [5, 5.41) is 4.74. The van der Waals surface area contributed by atoms with Crippen molar-refractivity contribution in [1.82, 2.24) is 9.97 Å². The highest BCUT2D eigenvalue weighted by Crippen LogP contribution is 2.28.